The van der Waals surface area contributed by atoms with E-state index in [4.69, 9.17) is 4.74 Å². The van der Waals surface area contributed by atoms with Crippen molar-refractivity contribution in [3.05, 3.63) is 72.8 Å². The molecular formula is C21H16N2O4. The zero-order valence-corrected chi connectivity index (χ0v) is 14.5. The molecule has 27 heavy (non-hydrogen) atoms. The first-order valence-electron chi connectivity index (χ1n) is 8.39. The van der Waals surface area contributed by atoms with E-state index in [0.717, 1.165) is 21.7 Å². The fraction of sp³-hybridized carbons (Fsp3) is 0.0952. The highest BCUT2D eigenvalue weighted by Gasteiger charge is 2.27. The third-order valence-electron chi connectivity index (χ3n) is 4.55. The van der Waals surface area contributed by atoms with E-state index in [1.165, 1.54) is 18.2 Å². The minimum Gasteiger partial charge on any atom is -0.357 e. The summed E-state index contributed by atoms with van der Waals surface area (Å²) in [6.45, 7) is 0. The first-order valence-corrected chi connectivity index (χ1v) is 8.39. The summed E-state index contributed by atoms with van der Waals surface area (Å²) in [5, 5.41) is 0. The second kappa shape index (κ2) is 6.66. The molecule has 0 aromatic heterocycles. The maximum atomic E-state index is 12.0. The number of ether oxygens (including phenoxy) is 1. The molecule has 0 aliphatic carbocycles. The van der Waals surface area contributed by atoms with Crippen LogP contribution in [-0.4, -0.2) is 31.1 Å². The van der Waals surface area contributed by atoms with E-state index in [9.17, 15) is 14.4 Å². The standard InChI is InChI=1S/C21H16N2O4/c1-27-21-13-12-20(26)23(21)17-8-4-15(5-9-17)14-2-6-16(7-3-14)22-18(24)10-11-19(22)25/h2-13,21H,1H3. The lowest BCUT2D eigenvalue weighted by molar-refractivity contribution is -0.120. The molecule has 3 amide bonds. The van der Waals surface area contributed by atoms with Crippen molar-refractivity contribution in [2.75, 3.05) is 16.9 Å². The lowest BCUT2D eigenvalue weighted by Crippen LogP contribution is -2.34. The molecule has 2 aliphatic heterocycles. The molecule has 0 spiro atoms. The van der Waals surface area contributed by atoms with Crippen LogP contribution in [0.15, 0.2) is 72.8 Å². The van der Waals surface area contributed by atoms with Crippen LogP contribution in [0, 0.1) is 0 Å². The molecule has 134 valence electrons. The number of carbonyl (C=O) groups excluding carboxylic acids is 3. The summed E-state index contributed by atoms with van der Waals surface area (Å²) in [6.07, 6.45) is 5.33. The Kier molecular flexibility index (Phi) is 4.18. The molecule has 2 aliphatic rings. The normalized spacial score (nSPS) is 18.9. The molecule has 4 rings (SSSR count). The smallest absolute Gasteiger partial charge is 0.258 e. The van der Waals surface area contributed by atoms with E-state index in [2.05, 4.69) is 0 Å². The summed E-state index contributed by atoms with van der Waals surface area (Å²) in [4.78, 5) is 38.2. The van der Waals surface area contributed by atoms with Gasteiger partial charge in [-0.3, -0.25) is 19.3 Å². The first kappa shape index (κ1) is 16.9. The van der Waals surface area contributed by atoms with Gasteiger partial charge in [-0.05, 0) is 41.5 Å². The highest BCUT2D eigenvalue weighted by Crippen LogP contribution is 2.28. The SMILES string of the molecule is COC1C=CC(=O)N1c1ccc(-c2ccc(N3C(=O)C=CC3=O)cc2)cc1. The van der Waals surface area contributed by atoms with Crippen molar-refractivity contribution in [1.82, 2.24) is 0 Å². The lowest BCUT2D eigenvalue weighted by atomic mass is 10.0. The quantitative estimate of drug-likeness (QED) is 0.786. The molecule has 0 bridgehead atoms. The van der Waals surface area contributed by atoms with Gasteiger partial charge in [-0.1, -0.05) is 24.3 Å². The fourth-order valence-corrected chi connectivity index (χ4v) is 3.19. The summed E-state index contributed by atoms with van der Waals surface area (Å²) >= 11 is 0. The Balaban J connectivity index is 1.55. The molecule has 2 aromatic rings. The number of imide groups is 1. The van der Waals surface area contributed by atoms with Crippen molar-refractivity contribution in [3.8, 4) is 11.1 Å². The summed E-state index contributed by atoms with van der Waals surface area (Å²) < 4.78 is 5.30. The van der Waals surface area contributed by atoms with Crippen molar-refractivity contribution in [1.29, 1.82) is 0 Å². The number of hydrogen-bond donors (Lipinski definition) is 0. The number of hydrogen-bond acceptors (Lipinski definition) is 4. The molecule has 0 saturated carbocycles. The Bertz CT molecular complexity index is 956. The lowest BCUT2D eigenvalue weighted by Gasteiger charge is -2.23. The minimum absolute atomic E-state index is 0.118. The predicted octanol–water partition coefficient (Wildman–Crippen LogP) is 2.66. The fourth-order valence-electron chi connectivity index (χ4n) is 3.19. The average molecular weight is 360 g/mol. The zero-order valence-electron chi connectivity index (χ0n) is 14.5. The van der Waals surface area contributed by atoms with Gasteiger partial charge in [0.05, 0.1) is 5.69 Å². The maximum Gasteiger partial charge on any atom is 0.258 e. The number of methoxy groups -OCH3 is 1. The van der Waals surface area contributed by atoms with Gasteiger partial charge in [0.15, 0.2) is 6.23 Å². The summed E-state index contributed by atoms with van der Waals surface area (Å²) in [5.74, 6) is -0.796. The van der Waals surface area contributed by atoms with E-state index < -0.39 is 6.23 Å². The van der Waals surface area contributed by atoms with Gasteiger partial charge in [-0.15, -0.1) is 0 Å². The molecule has 1 atom stereocenters. The summed E-state index contributed by atoms with van der Waals surface area (Å²) in [6, 6.07) is 14.7. The molecule has 1 unspecified atom stereocenters. The minimum atomic E-state index is -0.397. The van der Waals surface area contributed by atoms with E-state index in [-0.39, 0.29) is 17.7 Å². The number of carbonyl (C=O) groups is 3. The van der Waals surface area contributed by atoms with Gasteiger partial charge in [0.2, 0.25) is 0 Å². The third-order valence-corrected chi connectivity index (χ3v) is 4.55. The second-order valence-electron chi connectivity index (χ2n) is 6.13. The van der Waals surface area contributed by atoms with Gasteiger partial charge in [-0.2, -0.15) is 0 Å². The van der Waals surface area contributed by atoms with Crippen molar-refractivity contribution in [2.24, 2.45) is 0 Å². The topological polar surface area (TPSA) is 66.9 Å². The average Bonchev–Trinajstić information content (AvgIpc) is 3.23. The zero-order chi connectivity index (χ0) is 19.0. The van der Waals surface area contributed by atoms with Crippen LogP contribution >= 0.6 is 0 Å². The van der Waals surface area contributed by atoms with Gasteiger partial charge in [0, 0.05) is 31.0 Å². The Morgan fingerprint density at radius 1 is 0.704 bits per heavy atom. The van der Waals surface area contributed by atoms with E-state index in [1.54, 1.807) is 30.2 Å². The van der Waals surface area contributed by atoms with Crippen LogP contribution in [0.4, 0.5) is 11.4 Å². The Morgan fingerprint density at radius 3 is 1.74 bits per heavy atom. The molecule has 0 N–H and O–H groups in total. The van der Waals surface area contributed by atoms with Crippen LogP contribution in [0.25, 0.3) is 11.1 Å². The Hall–Kier alpha value is -3.51. The largest absolute Gasteiger partial charge is 0.357 e. The predicted molar refractivity (Wildman–Crippen MR) is 101 cm³/mol. The molecule has 2 aromatic carbocycles. The van der Waals surface area contributed by atoms with Gasteiger partial charge in [-0.25, -0.2) is 4.90 Å². The number of rotatable bonds is 4. The molecule has 6 nitrogen and oxygen atoms in total. The summed E-state index contributed by atoms with van der Waals surface area (Å²) in [7, 11) is 1.56. The molecule has 0 radical (unpaired) electrons. The molecule has 0 saturated heterocycles. The van der Waals surface area contributed by atoms with E-state index >= 15 is 0 Å². The van der Waals surface area contributed by atoms with Crippen molar-refractivity contribution in [2.45, 2.75) is 6.23 Å². The van der Waals surface area contributed by atoms with Gasteiger partial charge < -0.3 is 4.74 Å². The third kappa shape index (κ3) is 2.96. The van der Waals surface area contributed by atoms with Crippen molar-refractivity contribution >= 4 is 29.1 Å². The summed E-state index contributed by atoms with van der Waals surface area (Å²) in [5.41, 5.74) is 3.17. The molecule has 6 heteroatoms. The highest BCUT2D eigenvalue weighted by molar-refractivity contribution is 6.28. The van der Waals surface area contributed by atoms with Crippen LogP contribution in [0.1, 0.15) is 0 Å². The van der Waals surface area contributed by atoms with Crippen molar-refractivity contribution < 1.29 is 19.1 Å². The van der Waals surface area contributed by atoms with E-state index in [1.807, 2.05) is 36.4 Å². The molecular weight excluding hydrogens is 344 g/mol. The number of nitrogens with zero attached hydrogens (tertiary/aromatic N) is 2. The maximum absolute atomic E-state index is 12.0. The van der Waals surface area contributed by atoms with Crippen molar-refractivity contribution in [3.63, 3.8) is 0 Å². The second-order valence-corrected chi connectivity index (χ2v) is 6.13. The number of amides is 3. The molecule has 2 heterocycles. The van der Waals surface area contributed by atoms with Gasteiger partial charge in [0.1, 0.15) is 0 Å². The Morgan fingerprint density at radius 2 is 1.22 bits per heavy atom. The van der Waals surface area contributed by atoms with Gasteiger partial charge >= 0.3 is 0 Å². The van der Waals surface area contributed by atoms with Crippen LogP contribution in [-0.2, 0) is 19.1 Å². The number of benzene rings is 2. The van der Waals surface area contributed by atoms with Crippen LogP contribution in [0.2, 0.25) is 0 Å². The van der Waals surface area contributed by atoms with E-state index in [0.29, 0.717) is 5.69 Å². The van der Waals surface area contributed by atoms with Crippen LogP contribution in [0.3, 0.4) is 0 Å². The highest BCUT2D eigenvalue weighted by atomic mass is 16.5. The first-order chi connectivity index (χ1) is 13.1. The van der Waals surface area contributed by atoms with Gasteiger partial charge in [0.25, 0.3) is 17.7 Å². The Labute approximate surface area is 155 Å². The van der Waals surface area contributed by atoms with Crippen LogP contribution in [0.5, 0.6) is 0 Å². The van der Waals surface area contributed by atoms with Crippen LogP contribution < -0.4 is 9.80 Å². The molecule has 0 fully saturated rings. The number of anilines is 2. The monoisotopic (exact) mass is 360 g/mol.